The number of hydrogen-bond donors (Lipinski definition) is 3. The maximum Gasteiger partial charge on any atom is 0.433 e. The van der Waals surface area contributed by atoms with Crippen LogP contribution in [0.4, 0.5) is 18.9 Å². The van der Waals surface area contributed by atoms with Gasteiger partial charge >= 0.3 is 6.18 Å². The first kappa shape index (κ1) is 24.1. The van der Waals surface area contributed by atoms with Gasteiger partial charge in [0.1, 0.15) is 11.4 Å². The third-order valence-corrected chi connectivity index (χ3v) is 6.15. The summed E-state index contributed by atoms with van der Waals surface area (Å²) in [5.74, 6) is -0.555. The molecule has 0 saturated heterocycles. The molecular formula is C23H25F3N4O4. The van der Waals surface area contributed by atoms with E-state index in [4.69, 9.17) is 4.74 Å². The Morgan fingerprint density at radius 1 is 1.26 bits per heavy atom. The molecule has 0 radical (unpaired) electrons. The molecule has 1 unspecified atom stereocenters. The number of pyridine rings is 1. The lowest BCUT2D eigenvalue weighted by Crippen LogP contribution is -2.20. The number of hydrogen-bond acceptors (Lipinski definition) is 6. The number of aliphatic hydroxyl groups excluding tert-OH is 2. The lowest BCUT2D eigenvalue weighted by atomic mass is 9.87. The van der Waals surface area contributed by atoms with E-state index < -0.39 is 29.8 Å². The highest BCUT2D eigenvalue weighted by Crippen LogP contribution is 2.34. The second kappa shape index (κ2) is 9.69. The number of ether oxygens (including phenoxy) is 1. The molecule has 8 nitrogen and oxygen atoms in total. The minimum atomic E-state index is -4.68. The lowest BCUT2D eigenvalue weighted by Gasteiger charge is -2.27. The number of alkyl halides is 3. The van der Waals surface area contributed by atoms with Crippen LogP contribution in [-0.2, 0) is 10.9 Å². The van der Waals surface area contributed by atoms with Crippen molar-refractivity contribution in [3.8, 4) is 0 Å². The standard InChI is InChI=1S/C23H25F3N4O4/c1-34-22(33)16-10-18-14(11-30(29-18)15-7-5-13(12-31)6-8-15)9-19(16)28-21(32)17-3-2-4-20(27-17)23(24,25)26/h2-4,9-11,13,15,22,31,33H,5-8,12H2,1H3,(H,28,32). The van der Waals surface area contributed by atoms with Crippen LogP contribution < -0.4 is 5.32 Å². The van der Waals surface area contributed by atoms with Gasteiger partial charge in [0.2, 0.25) is 0 Å². The molecule has 1 aromatic carbocycles. The Labute approximate surface area is 193 Å². The summed E-state index contributed by atoms with van der Waals surface area (Å²) in [5, 5.41) is 27.5. The Morgan fingerprint density at radius 2 is 2.00 bits per heavy atom. The van der Waals surface area contributed by atoms with E-state index in [-0.39, 0.29) is 23.9 Å². The lowest BCUT2D eigenvalue weighted by molar-refractivity contribution is -0.141. The molecule has 0 spiro atoms. The molecule has 0 bridgehead atoms. The van der Waals surface area contributed by atoms with Gasteiger partial charge in [-0.25, -0.2) is 4.98 Å². The van der Waals surface area contributed by atoms with Crippen molar-refractivity contribution >= 4 is 22.5 Å². The number of carbonyl (C=O) groups is 1. The van der Waals surface area contributed by atoms with Gasteiger partial charge in [-0.2, -0.15) is 18.3 Å². The quantitative estimate of drug-likeness (QED) is 0.461. The zero-order chi connectivity index (χ0) is 24.5. The molecule has 1 saturated carbocycles. The van der Waals surface area contributed by atoms with E-state index in [0.29, 0.717) is 16.8 Å². The zero-order valence-corrected chi connectivity index (χ0v) is 18.4. The average molecular weight is 478 g/mol. The predicted octanol–water partition coefficient (Wildman–Crippen LogP) is 4.06. The summed E-state index contributed by atoms with van der Waals surface area (Å²) in [5.41, 5.74) is -0.626. The molecule has 1 fully saturated rings. The van der Waals surface area contributed by atoms with E-state index >= 15 is 0 Å². The van der Waals surface area contributed by atoms with E-state index in [1.54, 1.807) is 12.1 Å². The van der Waals surface area contributed by atoms with Gasteiger partial charge in [-0.3, -0.25) is 9.48 Å². The zero-order valence-electron chi connectivity index (χ0n) is 18.4. The van der Waals surface area contributed by atoms with Crippen molar-refractivity contribution in [1.29, 1.82) is 0 Å². The average Bonchev–Trinajstić information content (AvgIpc) is 3.25. The summed E-state index contributed by atoms with van der Waals surface area (Å²) in [6.45, 7) is 0.176. The molecule has 4 rings (SSSR count). The first-order valence-corrected chi connectivity index (χ1v) is 10.9. The van der Waals surface area contributed by atoms with Crippen LogP contribution in [0.5, 0.6) is 0 Å². The van der Waals surface area contributed by atoms with Gasteiger partial charge in [0.25, 0.3) is 5.91 Å². The number of rotatable bonds is 6. The molecule has 11 heteroatoms. The second-order valence-electron chi connectivity index (χ2n) is 8.41. The van der Waals surface area contributed by atoms with Gasteiger partial charge in [0.05, 0.1) is 17.2 Å². The molecule has 1 atom stereocenters. The fraction of sp³-hybridized carbons (Fsp3) is 0.435. The van der Waals surface area contributed by atoms with Crippen molar-refractivity contribution in [2.24, 2.45) is 5.92 Å². The minimum Gasteiger partial charge on any atom is -0.396 e. The number of anilines is 1. The van der Waals surface area contributed by atoms with Gasteiger partial charge < -0.3 is 20.3 Å². The smallest absolute Gasteiger partial charge is 0.396 e. The van der Waals surface area contributed by atoms with Crippen LogP contribution >= 0.6 is 0 Å². The van der Waals surface area contributed by atoms with Crippen molar-refractivity contribution in [3.63, 3.8) is 0 Å². The van der Waals surface area contributed by atoms with Crippen LogP contribution in [0.2, 0.25) is 0 Å². The van der Waals surface area contributed by atoms with Crippen LogP contribution in [0.25, 0.3) is 10.9 Å². The number of nitrogens with zero attached hydrogens (tertiary/aromatic N) is 3. The Bertz CT molecular complexity index is 1170. The van der Waals surface area contributed by atoms with E-state index in [9.17, 15) is 28.2 Å². The molecule has 0 aliphatic heterocycles. The number of methoxy groups -OCH3 is 1. The van der Waals surface area contributed by atoms with Gasteiger partial charge in [-0.1, -0.05) is 6.07 Å². The van der Waals surface area contributed by atoms with Gasteiger partial charge in [-0.15, -0.1) is 0 Å². The van der Waals surface area contributed by atoms with E-state index in [1.165, 1.54) is 13.2 Å². The molecule has 1 aliphatic rings. The number of nitrogens with one attached hydrogen (secondary N) is 1. The van der Waals surface area contributed by atoms with E-state index in [1.807, 2.05) is 10.9 Å². The first-order valence-electron chi connectivity index (χ1n) is 10.9. The number of fused-ring (bicyclic) bond motifs is 1. The number of benzene rings is 1. The highest BCUT2D eigenvalue weighted by molar-refractivity contribution is 6.04. The van der Waals surface area contributed by atoms with Crippen LogP contribution in [0.1, 0.15) is 59.8 Å². The summed E-state index contributed by atoms with van der Waals surface area (Å²) < 4.78 is 45.8. The van der Waals surface area contributed by atoms with Crippen molar-refractivity contribution in [2.45, 2.75) is 44.2 Å². The van der Waals surface area contributed by atoms with E-state index in [2.05, 4.69) is 15.4 Å². The Hall–Kier alpha value is -3.02. The fourth-order valence-corrected chi connectivity index (χ4v) is 4.23. The monoisotopic (exact) mass is 478 g/mol. The molecule has 1 aliphatic carbocycles. The van der Waals surface area contributed by atoms with Crippen molar-refractivity contribution in [2.75, 3.05) is 19.0 Å². The summed E-state index contributed by atoms with van der Waals surface area (Å²) in [7, 11) is 1.28. The number of halogens is 3. The van der Waals surface area contributed by atoms with Gasteiger partial charge in [0.15, 0.2) is 6.29 Å². The fourth-order valence-electron chi connectivity index (χ4n) is 4.23. The number of aliphatic hydroxyl groups is 2. The van der Waals surface area contributed by atoms with Gasteiger partial charge in [0, 0.05) is 30.9 Å². The normalized spacial score (nSPS) is 19.8. The van der Waals surface area contributed by atoms with Crippen molar-refractivity contribution in [1.82, 2.24) is 14.8 Å². The van der Waals surface area contributed by atoms with E-state index in [0.717, 1.165) is 37.8 Å². The van der Waals surface area contributed by atoms with Crippen LogP contribution in [0, 0.1) is 5.92 Å². The topological polar surface area (TPSA) is 110 Å². The molecule has 3 aromatic rings. The largest absolute Gasteiger partial charge is 0.433 e. The number of aromatic nitrogens is 3. The summed E-state index contributed by atoms with van der Waals surface area (Å²) in [4.78, 5) is 16.1. The molecule has 1 amide bonds. The Kier molecular flexibility index (Phi) is 6.87. The third kappa shape index (κ3) is 5.06. The number of carbonyl (C=O) groups excluding carboxylic acids is 1. The molecule has 2 aromatic heterocycles. The van der Waals surface area contributed by atoms with Crippen LogP contribution in [0.3, 0.4) is 0 Å². The Morgan fingerprint density at radius 3 is 2.65 bits per heavy atom. The molecule has 182 valence electrons. The Balaban J connectivity index is 1.64. The van der Waals surface area contributed by atoms with Gasteiger partial charge in [-0.05, 0) is 55.9 Å². The third-order valence-electron chi connectivity index (χ3n) is 6.15. The van der Waals surface area contributed by atoms with Crippen molar-refractivity contribution in [3.05, 3.63) is 53.5 Å². The van der Waals surface area contributed by atoms with Crippen molar-refractivity contribution < 1.29 is 32.9 Å². The number of amides is 1. The second-order valence-corrected chi connectivity index (χ2v) is 8.41. The maximum atomic E-state index is 13.0. The first-order chi connectivity index (χ1) is 16.2. The maximum absolute atomic E-state index is 13.0. The molecule has 2 heterocycles. The summed E-state index contributed by atoms with van der Waals surface area (Å²) in [6.07, 6.45) is -0.695. The molecule has 3 N–H and O–H groups in total. The molecular weight excluding hydrogens is 453 g/mol. The van der Waals surface area contributed by atoms with Crippen LogP contribution in [0.15, 0.2) is 36.5 Å². The predicted molar refractivity (Wildman–Crippen MR) is 117 cm³/mol. The SMILES string of the molecule is COC(O)c1cc2nn(C3CCC(CO)CC3)cc2cc1NC(=O)c1cccc(C(F)(F)F)n1. The summed E-state index contributed by atoms with van der Waals surface area (Å²) >= 11 is 0. The highest BCUT2D eigenvalue weighted by atomic mass is 19.4. The summed E-state index contributed by atoms with van der Waals surface area (Å²) in [6, 6.07) is 6.41. The minimum absolute atomic E-state index is 0.165. The molecule has 34 heavy (non-hydrogen) atoms. The highest BCUT2D eigenvalue weighted by Gasteiger charge is 2.33. The van der Waals surface area contributed by atoms with Crippen LogP contribution in [-0.4, -0.2) is 44.6 Å².